The summed E-state index contributed by atoms with van der Waals surface area (Å²) in [5.41, 5.74) is 3.91. The minimum atomic E-state index is -4.37. The van der Waals surface area contributed by atoms with Crippen LogP contribution in [0.15, 0.2) is 60.7 Å². The summed E-state index contributed by atoms with van der Waals surface area (Å²) in [6, 6.07) is 16.4. The third kappa shape index (κ3) is 3.75. The number of hydrogen-bond acceptors (Lipinski definition) is 5. The molecule has 0 unspecified atom stereocenters. The monoisotopic (exact) mass is 339 g/mol. The lowest BCUT2D eigenvalue weighted by Crippen LogP contribution is -2.26. The summed E-state index contributed by atoms with van der Waals surface area (Å²) in [4.78, 5) is 10.7. The number of carbonyl (C=O) groups excluding carboxylic acids is 1. The maximum absolute atomic E-state index is 13.4. The van der Waals surface area contributed by atoms with E-state index in [9.17, 15) is 17.8 Å². The van der Waals surface area contributed by atoms with Crippen LogP contribution in [0.5, 0.6) is 0 Å². The number of carbonyl (C=O) groups is 1. The second-order valence-corrected chi connectivity index (χ2v) is 9.33. The van der Waals surface area contributed by atoms with Gasteiger partial charge in [-0.2, -0.15) is 8.42 Å². The summed E-state index contributed by atoms with van der Waals surface area (Å²) in [7, 11) is -7.90. The zero-order chi connectivity index (χ0) is 16.2. The SMILES string of the molecule is NC(=O)OS(=O)(=O)CP(=O)(c1ccccc1)c1ccccc1. The molecule has 2 aromatic carbocycles. The van der Waals surface area contributed by atoms with Gasteiger partial charge in [0.05, 0.1) is 0 Å². The molecule has 0 atom stereocenters. The molecule has 0 saturated heterocycles. The third-order valence-corrected chi connectivity index (χ3v) is 8.30. The molecule has 2 N–H and O–H groups in total. The Labute approximate surface area is 128 Å². The van der Waals surface area contributed by atoms with Gasteiger partial charge in [-0.3, -0.25) is 0 Å². The average molecular weight is 339 g/mol. The Morgan fingerprint density at radius 1 is 0.955 bits per heavy atom. The fourth-order valence-corrected chi connectivity index (χ4v) is 7.05. The molecule has 0 bridgehead atoms. The van der Waals surface area contributed by atoms with Gasteiger partial charge in [0.25, 0.3) is 0 Å². The Morgan fingerprint density at radius 3 is 1.73 bits per heavy atom. The van der Waals surface area contributed by atoms with E-state index in [1.165, 1.54) is 0 Å². The summed E-state index contributed by atoms with van der Waals surface area (Å²) in [5.74, 6) is 0. The molecule has 0 fully saturated rings. The Morgan fingerprint density at radius 2 is 1.36 bits per heavy atom. The second kappa shape index (κ2) is 6.34. The first-order valence-corrected chi connectivity index (χ1v) is 9.72. The molecule has 2 aromatic rings. The first-order chi connectivity index (χ1) is 10.3. The maximum Gasteiger partial charge on any atom is 0.420 e. The molecule has 0 aromatic heterocycles. The lowest BCUT2D eigenvalue weighted by atomic mass is 10.4. The normalized spacial score (nSPS) is 11.8. The molecule has 0 saturated carbocycles. The highest BCUT2D eigenvalue weighted by Gasteiger charge is 2.35. The standard InChI is InChI=1S/C14H14NO5PS/c15-14(16)20-22(18,19)11-21(17,12-7-3-1-4-8-12)13-9-5-2-6-10-13/h1-10H,11H2,(H2,15,16). The van der Waals surface area contributed by atoms with Gasteiger partial charge in [0.2, 0.25) is 0 Å². The quantitative estimate of drug-likeness (QED) is 0.655. The molecule has 0 heterocycles. The molecule has 22 heavy (non-hydrogen) atoms. The smallest absolute Gasteiger partial charge is 0.334 e. The molecule has 0 radical (unpaired) electrons. The van der Waals surface area contributed by atoms with Gasteiger partial charge in [-0.25, -0.2) is 4.79 Å². The van der Waals surface area contributed by atoms with Crippen LogP contribution < -0.4 is 16.3 Å². The van der Waals surface area contributed by atoms with Crippen molar-refractivity contribution >= 4 is 34.0 Å². The van der Waals surface area contributed by atoms with E-state index >= 15 is 0 Å². The zero-order valence-corrected chi connectivity index (χ0v) is 13.2. The zero-order valence-electron chi connectivity index (χ0n) is 11.5. The highest BCUT2D eigenvalue weighted by atomic mass is 32.2. The van der Waals surface area contributed by atoms with E-state index in [4.69, 9.17) is 5.73 Å². The summed E-state index contributed by atoms with van der Waals surface area (Å²) in [5, 5.41) is 0.718. The maximum atomic E-state index is 13.4. The minimum absolute atomic E-state index is 0.359. The molecule has 2 rings (SSSR count). The number of benzene rings is 2. The number of nitrogens with two attached hydrogens (primary N) is 1. The van der Waals surface area contributed by atoms with Crippen molar-refractivity contribution in [3.05, 3.63) is 60.7 Å². The lowest BCUT2D eigenvalue weighted by Gasteiger charge is -2.18. The van der Waals surface area contributed by atoms with Crippen LogP contribution in [0.1, 0.15) is 0 Å². The summed E-state index contributed by atoms with van der Waals surface area (Å²) >= 11 is 0. The van der Waals surface area contributed by atoms with E-state index in [0.717, 1.165) is 0 Å². The van der Waals surface area contributed by atoms with Gasteiger partial charge < -0.3 is 14.5 Å². The molecule has 0 aliphatic rings. The number of rotatable bonds is 5. The summed E-state index contributed by atoms with van der Waals surface area (Å²) in [6.45, 7) is 0. The highest BCUT2D eigenvalue weighted by Crippen LogP contribution is 2.44. The Balaban J connectivity index is 2.53. The molecule has 1 amide bonds. The van der Waals surface area contributed by atoms with Crippen LogP contribution in [0.4, 0.5) is 4.79 Å². The van der Waals surface area contributed by atoms with Crippen molar-refractivity contribution in [2.75, 3.05) is 5.49 Å². The minimum Gasteiger partial charge on any atom is -0.334 e. The van der Waals surface area contributed by atoms with E-state index in [1.807, 2.05) is 0 Å². The lowest BCUT2D eigenvalue weighted by molar-refractivity contribution is 0.213. The predicted octanol–water partition coefficient (Wildman–Crippen LogP) is 1.38. The van der Waals surface area contributed by atoms with Gasteiger partial charge in [-0.15, -0.1) is 0 Å². The molecule has 6 nitrogen and oxygen atoms in total. The predicted molar refractivity (Wildman–Crippen MR) is 84.2 cm³/mol. The topological polar surface area (TPSA) is 104 Å². The van der Waals surface area contributed by atoms with Gasteiger partial charge in [0.1, 0.15) is 5.49 Å². The molecule has 0 aliphatic heterocycles. The van der Waals surface area contributed by atoms with Crippen LogP contribution in [0.2, 0.25) is 0 Å². The van der Waals surface area contributed by atoms with Crippen LogP contribution in [0.3, 0.4) is 0 Å². The number of amides is 1. The van der Waals surface area contributed by atoms with Crippen LogP contribution >= 0.6 is 7.14 Å². The van der Waals surface area contributed by atoms with Gasteiger partial charge in [-0.1, -0.05) is 60.7 Å². The van der Waals surface area contributed by atoms with Crippen LogP contribution in [-0.4, -0.2) is 20.0 Å². The first-order valence-electron chi connectivity index (χ1n) is 6.25. The van der Waals surface area contributed by atoms with E-state index in [0.29, 0.717) is 10.6 Å². The second-order valence-electron chi connectivity index (χ2n) is 4.50. The van der Waals surface area contributed by atoms with Crippen molar-refractivity contribution in [2.45, 2.75) is 0 Å². The first kappa shape index (κ1) is 16.3. The molecule has 0 aliphatic carbocycles. The molecular weight excluding hydrogens is 325 g/mol. The van der Waals surface area contributed by atoms with Gasteiger partial charge in [0, 0.05) is 10.6 Å². The molecular formula is C14H14NO5PS. The summed E-state index contributed by atoms with van der Waals surface area (Å²) in [6.07, 6.45) is -1.45. The van der Waals surface area contributed by atoms with E-state index in [1.54, 1.807) is 60.7 Å². The highest BCUT2D eigenvalue weighted by molar-refractivity contribution is 7.99. The van der Waals surface area contributed by atoms with Crippen LogP contribution in [0, 0.1) is 0 Å². The van der Waals surface area contributed by atoms with Gasteiger partial charge in [0.15, 0.2) is 7.14 Å². The van der Waals surface area contributed by atoms with Crippen molar-refractivity contribution in [1.29, 1.82) is 0 Å². The Hall–Kier alpha value is -2.11. The van der Waals surface area contributed by atoms with Crippen LogP contribution in [0.25, 0.3) is 0 Å². The Bertz CT molecular complexity index is 762. The van der Waals surface area contributed by atoms with Crippen molar-refractivity contribution < 1.29 is 22.0 Å². The molecule has 8 heteroatoms. The van der Waals surface area contributed by atoms with E-state index in [-0.39, 0.29) is 0 Å². The van der Waals surface area contributed by atoms with Gasteiger partial charge in [-0.05, 0) is 0 Å². The Kier molecular flexibility index (Phi) is 4.68. The third-order valence-electron chi connectivity index (χ3n) is 2.90. The molecule has 0 spiro atoms. The van der Waals surface area contributed by atoms with Gasteiger partial charge >= 0.3 is 16.2 Å². The summed E-state index contributed by atoms with van der Waals surface area (Å²) < 4.78 is 41.3. The van der Waals surface area contributed by atoms with E-state index in [2.05, 4.69) is 4.18 Å². The van der Waals surface area contributed by atoms with Crippen molar-refractivity contribution in [2.24, 2.45) is 5.73 Å². The van der Waals surface area contributed by atoms with Crippen molar-refractivity contribution in [3.8, 4) is 0 Å². The van der Waals surface area contributed by atoms with E-state index < -0.39 is 28.8 Å². The number of hydrogen-bond donors (Lipinski definition) is 1. The fourth-order valence-electron chi connectivity index (χ4n) is 2.01. The number of primary amides is 1. The fraction of sp³-hybridized carbons (Fsp3) is 0.0714. The average Bonchev–Trinajstić information content (AvgIpc) is 2.47. The van der Waals surface area contributed by atoms with Crippen LogP contribution in [-0.2, 0) is 18.9 Å². The molecule has 116 valence electrons. The van der Waals surface area contributed by atoms with Crippen molar-refractivity contribution in [3.63, 3.8) is 0 Å². The van der Waals surface area contributed by atoms with Crippen molar-refractivity contribution in [1.82, 2.24) is 0 Å². The largest absolute Gasteiger partial charge is 0.420 e.